The van der Waals surface area contributed by atoms with Gasteiger partial charge < -0.3 is 15.0 Å². The van der Waals surface area contributed by atoms with Gasteiger partial charge >= 0.3 is 0 Å². The fourth-order valence-electron chi connectivity index (χ4n) is 1.44. The van der Waals surface area contributed by atoms with Crippen molar-refractivity contribution in [3.8, 4) is 0 Å². The number of hydrogen-bond donors (Lipinski definition) is 1. The van der Waals surface area contributed by atoms with Crippen molar-refractivity contribution in [3.63, 3.8) is 0 Å². The van der Waals surface area contributed by atoms with E-state index in [4.69, 9.17) is 15.0 Å². The van der Waals surface area contributed by atoms with Gasteiger partial charge in [0, 0.05) is 13.2 Å². The highest BCUT2D eigenvalue weighted by Gasteiger charge is 2.22. The van der Waals surface area contributed by atoms with E-state index in [1.165, 1.54) is 0 Å². The first-order valence-electron chi connectivity index (χ1n) is 5.22. The van der Waals surface area contributed by atoms with Gasteiger partial charge in [0.1, 0.15) is 6.10 Å². The van der Waals surface area contributed by atoms with Crippen molar-refractivity contribution in [2.45, 2.75) is 45.3 Å². The summed E-state index contributed by atoms with van der Waals surface area (Å²) in [5.41, 5.74) is 5.84. The first kappa shape index (κ1) is 12.1. The molecule has 0 saturated carbocycles. The molecule has 1 aromatic rings. The number of ether oxygens (including phenoxy) is 1. The van der Waals surface area contributed by atoms with Gasteiger partial charge in [0.2, 0.25) is 5.89 Å². The Labute approximate surface area is 90.0 Å². The normalized spacial score (nSPS) is 17.4. The summed E-state index contributed by atoms with van der Waals surface area (Å²) < 4.78 is 10.3. The fraction of sp³-hybridized carbons (Fsp3) is 0.800. The van der Waals surface area contributed by atoms with E-state index in [0.717, 1.165) is 6.42 Å². The molecular weight excluding hydrogens is 194 g/mol. The third-order valence-electron chi connectivity index (χ3n) is 2.57. The quantitative estimate of drug-likeness (QED) is 0.804. The minimum Gasteiger partial charge on any atom is -0.374 e. The second-order valence-corrected chi connectivity index (χ2v) is 3.74. The third-order valence-corrected chi connectivity index (χ3v) is 2.57. The van der Waals surface area contributed by atoms with Crippen molar-refractivity contribution in [2.24, 2.45) is 5.73 Å². The van der Waals surface area contributed by atoms with Crippen molar-refractivity contribution >= 4 is 0 Å². The van der Waals surface area contributed by atoms with Gasteiger partial charge in [-0.05, 0) is 20.3 Å². The standard InChI is InChI=1S/C10H19N3O2/c1-5-8(6(2)11)10-12-9(13-15-10)7(3)14-4/h6-8H,5,11H2,1-4H3. The molecule has 1 heterocycles. The zero-order valence-corrected chi connectivity index (χ0v) is 9.73. The molecule has 5 nitrogen and oxygen atoms in total. The summed E-state index contributed by atoms with van der Waals surface area (Å²) in [6, 6.07) is 0.0150. The maximum absolute atomic E-state index is 5.84. The SMILES string of the molecule is CCC(c1nc(C(C)OC)no1)C(C)N. The van der Waals surface area contributed by atoms with E-state index in [2.05, 4.69) is 17.1 Å². The summed E-state index contributed by atoms with van der Waals surface area (Å²) in [6.45, 7) is 5.87. The van der Waals surface area contributed by atoms with Crippen LogP contribution in [0, 0.1) is 0 Å². The number of hydrogen-bond acceptors (Lipinski definition) is 5. The molecule has 3 atom stereocenters. The summed E-state index contributed by atoms with van der Waals surface area (Å²) in [5.74, 6) is 1.30. The maximum Gasteiger partial charge on any atom is 0.231 e. The van der Waals surface area contributed by atoms with Gasteiger partial charge in [-0.25, -0.2) is 0 Å². The highest BCUT2D eigenvalue weighted by molar-refractivity contribution is 4.98. The molecule has 0 saturated heterocycles. The number of nitrogens with two attached hydrogens (primary N) is 1. The van der Waals surface area contributed by atoms with Gasteiger partial charge in [-0.3, -0.25) is 0 Å². The lowest BCUT2D eigenvalue weighted by molar-refractivity contribution is 0.109. The zero-order chi connectivity index (χ0) is 11.4. The van der Waals surface area contributed by atoms with Gasteiger partial charge in [0.25, 0.3) is 0 Å². The molecule has 0 bridgehead atoms. The lowest BCUT2D eigenvalue weighted by Crippen LogP contribution is -2.24. The van der Waals surface area contributed by atoms with Crippen LogP contribution in [0.5, 0.6) is 0 Å². The molecule has 1 rings (SSSR count). The molecule has 15 heavy (non-hydrogen) atoms. The average Bonchev–Trinajstić information content (AvgIpc) is 2.66. The average molecular weight is 213 g/mol. The lowest BCUT2D eigenvalue weighted by atomic mass is 9.99. The van der Waals surface area contributed by atoms with Crippen molar-refractivity contribution in [1.29, 1.82) is 0 Å². The van der Waals surface area contributed by atoms with Gasteiger partial charge in [-0.15, -0.1) is 0 Å². The Bertz CT molecular complexity index is 299. The molecule has 0 aromatic carbocycles. The molecule has 0 aliphatic carbocycles. The van der Waals surface area contributed by atoms with E-state index in [1.807, 2.05) is 13.8 Å². The minimum absolute atomic E-state index is 0.0150. The smallest absolute Gasteiger partial charge is 0.231 e. The summed E-state index contributed by atoms with van der Waals surface area (Å²) in [7, 11) is 1.61. The molecule has 2 N–H and O–H groups in total. The van der Waals surface area contributed by atoms with E-state index in [9.17, 15) is 0 Å². The van der Waals surface area contributed by atoms with Gasteiger partial charge in [-0.1, -0.05) is 12.1 Å². The van der Waals surface area contributed by atoms with Crippen molar-refractivity contribution < 1.29 is 9.26 Å². The van der Waals surface area contributed by atoms with Crippen LogP contribution in [0.4, 0.5) is 0 Å². The summed E-state index contributed by atoms with van der Waals surface area (Å²) in [5, 5.41) is 3.87. The molecule has 0 aliphatic heterocycles. The van der Waals surface area contributed by atoms with Crippen molar-refractivity contribution in [3.05, 3.63) is 11.7 Å². The molecule has 0 radical (unpaired) electrons. The Morgan fingerprint density at radius 1 is 1.47 bits per heavy atom. The van der Waals surface area contributed by atoms with Gasteiger partial charge in [-0.2, -0.15) is 4.98 Å². The van der Waals surface area contributed by atoms with Crippen LogP contribution in [-0.2, 0) is 4.74 Å². The van der Waals surface area contributed by atoms with E-state index in [-0.39, 0.29) is 18.1 Å². The molecular formula is C10H19N3O2. The van der Waals surface area contributed by atoms with Crippen LogP contribution in [0.1, 0.15) is 50.9 Å². The monoisotopic (exact) mass is 213 g/mol. The first-order valence-corrected chi connectivity index (χ1v) is 5.22. The minimum atomic E-state index is -0.145. The molecule has 0 spiro atoms. The molecule has 3 unspecified atom stereocenters. The molecule has 0 fully saturated rings. The van der Waals surface area contributed by atoms with Gasteiger partial charge in [0.15, 0.2) is 5.82 Å². The van der Waals surface area contributed by atoms with E-state index in [0.29, 0.717) is 11.7 Å². The van der Waals surface area contributed by atoms with Crippen LogP contribution < -0.4 is 5.73 Å². The predicted molar refractivity (Wildman–Crippen MR) is 56.4 cm³/mol. The maximum atomic E-state index is 5.84. The molecule has 5 heteroatoms. The van der Waals surface area contributed by atoms with Crippen molar-refractivity contribution in [1.82, 2.24) is 10.1 Å². The van der Waals surface area contributed by atoms with Crippen LogP contribution in [0.25, 0.3) is 0 Å². The second-order valence-electron chi connectivity index (χ2n) is 3.74. The van der Waals surface area contributed by atoms with E-state index < -0.39 is 0 Å². The summed E-state index contributed by atoms with van der Waals surface area (Å²) in [6.07, 6.45) is 0.744. The van der Waals surface area contributed by atoms with Crippen LogP contribution >= 0.6 is 0 Å². The van der Waals surface area contributed by atoms with Crippen LogP contribution in [0.2, 0.25) is 0 Å². The van der Waals surface area contributed by atoms with Crippen molar-refractivity contribution in [2.75, 3.05) is 7.11 Å². The third kappa shape index (κ3) is 2.76. The molecule has 0 amide bonds. The number of methoxy groups -OCH3 is 1. The largest absolute Gasteiger partial charge is 0.374 e. The number of rotatable bonds is 5. The van der Waals surface area contributed by atoms with Gasteiger partial charge in [0.05, 0.1) is 5.92 Å². The Hall–Kier alpha value is -0.940. The summed E-state index contributed by atoms with van der Waals surface area (Å²) >= 11 is 0. The second kappa shape index (κ2) is 5.23. The van der Waals surface area contributed by atoms with Crippen LogP contribution in [-0.4, -0.2) is 23.3 Å². The Morgan fingerprint density at radius 3 is 2.60 bits per heavy atom. The van der Waals surface area contributed by atoms with Crippen LogP contribution in [0.15, 0.2) is 4.52 Å². The van der Waals surface area contributed by atoms with Crippen LogP contribution in [0.3, 0.4) is 0 Å². The highest BCUT2D eigenvalue weighted by Crippen LogP contribution is 2.22. The Balaban J connectivity index is 2.82. The molecule has 86 valence electrons. The summed E-state index contributed by atoms with van der Waals surface area (Å²) in [4.78, 5) is 4.29. The van der Waals surface area contributed by atoms with E-state index >= 15 is 0 Å². The number of aromatic nitrogens is 2. The predicted octanol–water partition coefficient (Wildman–Crippen LogP) is 1.62. The molecule has 1 aromatic heterocycles. The lowest BCUT2D eigenvalue weighted by Gasteiger charge is -2.13. The first-order chi connectivity index (χ1) is 7.10. The fourth-order valence-corrected chi connectivity index (χ4v) is 1.44. The highest BCUT2D eigenvalue weighted by atomic mass is 16.5. The Morgan fingerprint density at radius 2 is 2.13 bits per heavy atom. The number of nitrogens with zero attached hydrogens (tertiary/aromatic N) is 2. The zero-order valence-electron chi connectivity index (χ0n) is 9.73. The van der Waals surface area contributed by atoms with E-state index in [1.54, 1.807) is 7.11 Å². The molecule has 0 aliphatic rings. The topological polar surface area (TPSA) is 74.2 Å². The Kier molecular flexibility index (Phi) is 4.23.